The molecule has 1 aromatic carbocycles. The SMILES string of the molecule is Cc1cc(Cl)c2c(c1)[C@@]1(N[C@@H](CCC(N)=O)[C@H]3C(=O)N(C4CCCC4)C(=O)[C@H]31)C(=O)N2. The number of rotatable bonds is 4. The van der Waals surface area contributed by atoms with Gasteiger partial charge in [0.25, 0.3) is 0 Å². The number of hydrogen-bond donors (Lipinski definition) is 3. The van der Waals surface area contributed by atoms with E-state index in [2.05, 4.69) is 10.6 Å². The zero-order chi connectivity index (χ0) is 22.1. The second-order valence-corrected chi connectivity index (χ2v) is 9.58. The first-order chi connectivity index (χ1) is 14.8. The fourth-order valence-corrected chi connectivity index (χ4v) is 6.41. The van der Waals surface area contributed by atoms with Gasteiger partial charge in [0.2, 0.25) is 23.6 Å². The third-order valence-electron chi connectivity index (χ3n) is 7.35. The predicted octanol–water partition coefficient (Wildman–Crippen LogP) is 1.58. The molecule has 4 amide bonds. The molecule has 5 rings (SSSR count). The summed E-state index contributed by atoms with van der Waals surface area (Å²) in [5.74, 6) is -3.03. The second-order valence-electron chi connectivity index (χ2n) is 9.18. The Morgan fingerprint density at radius 1 is 1.23 bits per heavy atom. The van der Waals surface area contributed by atoms with E-state index in [-0.39, 0.29) is 36.6 Å². The lowest BCUT2D eigenvalue weighted by Crippen LogP contribution is -2.54. The first kappa shape index (κ1) is 20.5. The van der Waals surface area contributed by atoms with Gasteiger partial charge in [-0.25, -0.2) is 0 Å². The van der Waals surface area contributed by atoms with Gasteiger partial charge in [-0.05, 0) is 37.8 Å². The van der Waals surface area contributed by atoms with Crippen LogP contribution in [0.15, 0.2) is 12.1 Å². The van der Waals surface area contributed by atoms with Gasteiger partial charge in [0.15, 0.2) is 0 Å². The Labute approximate surface area is 184 Å². The van der Waals surface area contributed by atoms with Gasteiger partial charge in [0.05, 0.1) is 22.5 Å². The van der Waals surface area contributed by atoms with Crippen LogP contribution in [0.1, 0.15) is 49.7 Å². The van der Waals surface area contributed by atoms with Crippen molar-refractivity contribution in [1.29, 1.82) is 0 Å². The zero-order valence-electron chi connectivity index (χ0n) is 17.2. The maximum atomic E-state index is 13.7. The third kappa shape index (κ3) is 2.77. The fourth-order valence-electron chi connectivity index (χ4n) is 6.08. The van der Waals surface area contributed by atoms with Crippen LogP contribution in [0.25, 0.3) is 0 Å². The van der Waals surface area contributed by atoms with E-state index in [1.54, 1.807) is 6.07 Å². The Kier molecular flexibility index (Phi) is 4.64. The molecule has 1 saturated carbocycles. The van der Waals surface area contributed by atoms with E-state index in [0.717, 1.165) is 31.2 Å². The number of carbonyl (C=O) groups excluding carboxylic acids is 4. The van der Waals surface area contributed by atoms with Crippen LogP contribution < -0.4 is 16.4 Å². The summed E-state index contributed by atoms with van der Waals surface area (Å²) < 4.78 is 0. The van der Waals surface area contributed by atoms with E-state index in [1.165, 1.54) is 4.90 Å². The Morgan fingerprint density at radius 2 is 1.94 bits per heavy atom. The molecule has 1 aromatic rings. The van der Waals surface area contributed by atoms with Gasteiger partial charge in [-0.1, -0.05) is 30.5 Å². The van der Waals surface area contributed by atoms with Crippen molar-refractivity contribution in [3.63, 3.8) is 0 Å². The number of nitrogens with one attached hydrogen (secondary N) is 2. The Hall–Kier alpha value is -2.45. The Balaban J connectivity index is 1.64. The van der Waals surface area contributed by atoms with E-state index >= 15 is 0 Å². The van der Waals surface area contributed by atoms with Crippen molar-refractivity contribution in [3.05, 3.63) is 28.3 Å². The number of likely N-dealkylation sites (tertiary alicyclic amines) is 1. The third-order valence-corrected chi connectivity index (χ3v) is 7.64. The second kappa shape index (κ2) is 7.03. The molecule has 4 aliphatic rings. The largest absolute Gasteiger partial charge is 0.370 e. The maximum Gasteiger partial charge on any atom is 0.250 e. The van der Waals surface area contributed by atoms with E-state index < -0.39 is 29.3 Å². The summed E-state index contributed by atoms with van der Waals surface area (Å²) in [4.78, 5) is 53.5. The van der Waals surface area contributed by atoms with E-state index in [9.17, 15) is 19.2 Å². The number of imide groups is 1. The number of benzene rings is 1. The molecule has 164 valence electrons. The number of anilines is 1. The summed E-state index contributed by atoms with van der Waals surface area (Å²) in [5.41, 5.74) is 5.88. The number of primary amides is 1. The lowest BCUT2D eigenvalue weighted by molar-refractivity contribution is -0.145. The highest BCUT2D eigenvalue weighted by Gasteiger charge is 2.71. The first-order valence-electron chi connectivity index (χ1n) is 10.8. The van der Waals surface area contributed by atoms with Crippen molar-refractivity contribution in [2.75, 3.05) is 5.32 Å². The minimum Gasteiger partial charge on any atom is -0.370 e. The molecule has 3 heterocycles. The monoisotopic (exact) mass is 444 g/mol. The summed E-state index contributed by atoms with van der Waals surface area (Å²) in [6, 6.07) is 2.96. The topological polar surface area (TPSA) is 122 Å². The highest BCUT2D eigenvalue weighted by Crippen LogP contribution is 2.55. The molecule has 31 heavy (non-hydrogen) atoms. The molecule has 1 aliphatic carbocycles. The van der Waals surface area contributed by atoms with Gasteiger partial charge in [0, 0.05) is 24.1 Å². The zero-order valence-corrected chi connectivity index (χ0v) is 18.0. The van der Waals surface area contributed by atoms with Crippen molar-refractivity contribution in [3.8, 4) is 0 Å². The van der Waals surface area contributed by atoms with Gasteiger partial charge in [-0.3, -0.25) is 29.4 Å². The smallest absolute Gasteiger partial charge is 0.250 e. The molecule has 8 nitrogen and oxygen atoms in total. The van der Waals surface area contributed by atoms with E-state index in [1.807, 2.05) is 13.0 Å². The molecule has 0 radical (unpaired) electrons. The molecular formula is C22H25ClN4O4. The number of nitrogens with zero attached hydrogens (tertiary/aromatic N) is 1. The van der Waals surface area contributed by atoms with Crippen LogP contribution in [-0.4, -0.2) is 40.6 Å². The molecule has 4 N–H and O–H groups in total. The standard InChI is InChI=1S/C22H25ClN4O4/c1-10-8-12-18(13(23)9-10)25-21(31)22(12)17-16(14(26-22)6-7-15(24)28)19(29)27(20(17)30)11-4-2-3-5-11/h8-9,11,14,16-17,26H,2-7H2,1H3,(H2,24,28)(H,25,31)/t14-,16+,17-,22-/m0/s1. The predicted molar refractivity (Wildman–Crippen MR) is 113 cm³/mol. The summed E-state index contributed by atoms with van der Waals surface area (Å²) in [6.45, 7) is 1.87. The van der Waals surface area contributed by atoms with Crippen molar-refractivity contribution in [2.45, 2.75) is 63.1 Å². The minimum absolute atomic E-state index is 0.0604. The quantitative estimate of drug-likeness (QED) is 0.608. The number of fused-ring (bicyclic) bond motifs is 4. The lowest BCUT2D eigenvalue weighted by atomic mass is 9.76. The normalized spacial score (nSPS) is 32.1. The van der Waals surface area contributed by atoms with Crippen molar-refractivity contribution < 1.29 is 19.2 Å². The fraction of sp³-hybridized carbons (Fsp3) is 0.545. The van der Waals surface area contributed by atoms with Crippen LogP contribution in [0.3, 0.4) is 0 Å². The Bertz CT molecular complexity index is 1020. The van der Waals surface area contributed by atoms with Crippen LogP contribution in [0, 0.1) is 18.8 Å². The number of aryl methyl sites for hydroxylation is 1. The van der Waals surface area contributed by atoms with E-state index in [0.29, 0.717) is 16.3 Å². The highest BCUT2D eigenvalue weighted by atomic mass is 35.5. The summed E-state index contributed by atoms with van der Waals surface area (Å²) in [5, 5.41) is 6.54. The summed E-state index contributed by atoms with van der Waals surface area (Å²) in [6.07, 6.45) is 3.87. The molecule has 0 unspecified atom stereocenters. The molecular weight excluding hydrogens is 420 g/mol. The van der Waals surface area contributed by atoms with Crippen LogP contribution in [0.5, 0.6) is 0 Å². The molecule has 0 aromatic heterocycles. The van der Waals surface area contributed by atoms with Gasteiger partial charge in [-0.2, -0.15) is 0 Å². The highest BCUT2D eigenvalue weighted by molar-refractivity contribution is 6.35. The van der Waals surface area contributed by atoms with Gasteiger partial charge >= 0.3 is 0 Å². The minimum atomic E-state index is -1.39. The average molecular weight is 445 g/mol. The molecule has 3 aliphatic heterocycles. The summed E-state index contributed by atoms with van der Waals surface area (Å²) in [7, 11) is 0. The molecule has 3 fully saturated rings. The Morgan fingerprint density at radius 3 is 2.61 bits per heavy atom. The maximum absolute atomic E-state index is 13.7. The van der Waals surface area contributed by atoms with Crippen molar-refractivity contribution in [1.82, 2.24) is 10.2 Å². The van der Waals surface area contributed by atoms with E-state index in [4.69, 9.17) is 17.3 Å². The molecule has 9 heteroatoms. The number of carbonyl (C=O) groups is 4. The number of halogens is 1. The molecule has 4 atom stereocenters. The van der Waals surface area contributed by atoms with Crippen molar-refractivity contribution in [2.24, 2.45) is 17.6 Å². The number of amides is 4. The average Bonchev–Trinajstić information content (AvgIpc) is 3.43. The van der Waals surface area contributed by atoms with Crippen molar-refractivity contribution >= 4 is 40.9 Å². The van der Waals surface area contributed by atoms with Gasteiger partial charge < -0.3 is 11.1 Å². The lowest BCUT2D eigenvalue weighted by Gasteiger charge is -2.31. The van der Waals surface area contributed by atoms with Crippen LogP contribution >= 0.6 is 11.6 Å². The molecule has 2 saturated heterocycles. The van der Waals surface area contributed by atoms with Crippen LogP contribution in [0.4, 0.5) is 5.69 Å². The van der Waals surface area contributed by atoms with Gasteiger partial charge in [0.1, 0.15) is 5.54 Å². The van der Waals surface area contributed by atoms with Crippen LogP contribution in [0.2, 0.25) is 5.02 Å². The molecule has 1 spiro atoms. The van der Waals surface area contributed by atoms with Crippen LogP contribution in [-0.2, 0) is 24.7 Å². The summed E-state index contributed by atoms with van der Waals surface area (Å²) >= 11 is 6.42. The first-order valence-corrected chi connectivity index (χ1v) is 11.2. The van der Waals surface area contributed by atoms with Gasteiger partial charge in [-0.15, -0.1) is 0 Å². The number of nitrogens with two attached hydrogens (primary N) is 1. The molecule has 0 bridgehead atoms. The number of hydrogen-bond acceptors (Lipinski definition) is 5.